The van der Waals surface area contributed by atoms with E-state index in [9.17, 15) is 14.4 Å². The van der Waals surface area contributed by atoms with Crippen molar-refractivity contribution in [3.63, 3.8) is 0 Å². The Morgan fingerprint density at radius 2 is 1.67 bits per heavy atom. The molecule has 2 atom stereocenters. The van der Waals surface area contributed by atoms with Crippen LogP contribution < -0.4 is 0 Å². The van der Waals surface area contributed by atoms with Gasteiger partial charge in [-0.3, -0.25) is 9.59 Å². The van der Waals surface area contributed by atoms with Gasteiger partial charge in [0.1, 0.15) is 6.10 Å². The summed E-state index contributed by atoms with van der Waals surface area (Å²) < 4.78 is 9.33. The molecule has 0 spiro atoms. The summed E-state index contributed by atoms with van der Waals surface area (Å²) in [4.78, 5) is 32.3. The smallest absolute Gasteiger partial charge is 0.351 e. The van der Waals surface area contributed by atoms with Gasteiger partial charge in [-0.25, -0.2) is 4.79 Å². The van der Waals surface area contributed by atoms with Gasteiger partial charge in [0, 0.05) is 13.8 Å². The molecule has 0 fully saturated rings. The van der Waals surface area contributed by atoms with Crippen LogP contribution in [0, 0.1) is 0 Å². The van der Waals surface area contributed by atoms with E-state index in [1.54, 1.807) is 0 Å². The first-order valence-corrected chi connectivity index (χ1v) is 4.30. The van der Waals surface area contributed by atoms with Gasteiger partial charge in [-0.1, -0.05) is 0 Å². The number of ether oxygens (including phenoxy) is 2. The van der Waals surface area contributed by atoms with E-state index < -0.39 is 29.6 Å². The minimum atomic E-state index is -1.86. The Hall–Kier alpha value is -1.59. The Kier molecular flexibility index (Phi) is 4.26. The lowest BCUT2D eigenvalue weighted by atomic mass is 10.0. The second-order valence-corrected chi connectivity index (χ2v) is 3.26. The third-order valence-corrected chi connectivity index (χ3v) is 1.90. The van der Waals surface area contributed by atoms with Crippen LogP contribution in [0.1, 0.15) is 27.7 Å². The number of carboxylic acids is 1. The monoisotopic (exact) mass is 218 g/mol. The number of hydrogen-bond acceptors (Lipinski definition) is 5. The molecule has 0 rings (SSSR count). The van der Waals surface area contributed by atoms with Crippen molar-refractivity contribution < 1.29 is 29.0 Å². The highest BCUT2D eigenvalue weighted by Crippen LogP contribution is 2.19. The summed E-state index contributed by atoms with van der Waals surface area (Å²) in [6.45, 7) is 4.75. The number of aliphatic carboxylic acids is 1. The summed E-state index contributed by atoms with van der Waals surface area (Å²) >= 11 is 0. The molecule has 0 aliphatic carbocycles. The zero-order chi connectivity index (χ0) is 12.2. The van der Waals surface area contributed by atoms with Crippen LogP contribution in [0.4, 0.5) is 0 Å². The van der Waals surface area contributed by atoms with Gasteiger partial charge in [0.25, 0.3) is 0 Å². The first kappa shape index (κ1) is 13.4. The number of rotatable bonds is 4. The third-order valence-electron chi connectivity index (χ3n) is 1.90. The molecule has 0 aromatic rings. The number of hydrogen-bond donors (Lipinski definition) is 1. The molecule has 0 aliphatic heterocycles. The molecule has 0 amide bonds. The minimum absolute atomic E-state index is 0.637. The van der Waals surface area contributed by atoms with Crippen LogP contribution in [0.15, 0.2) is 0 Å². The maximum absolute atomic E-state index is 10.9. The Morgan fingerprint density at radius 1 is 1.20 bits per heavy atom. The lowest BCUT2D eigenvalue weighted by Crippen LogP contribution is -2.50. The molecule has 6 nitrogen and oxygen atoms in total. The Balaban J connectivity index is 4.85. The lowest BCUT2D eigenvalue weighted by molar-refractivity contribution is -0.193. The number of carbonyl (C=O) groups is 3. The maximum atomic E-state index is 10.9. The van der Waals surface area contributed by atoms with Gasteiger partial charge >= 0.3 is 17.9 Å². The van der Waals surface area contributed by atoms with Gasteiger partial charge in [0.05, 0.1) is 0 Å². The average molecular weight is 218 g/mol. The summed E-state index contributed by atoms with van der Waals surface area (Å²) in [6.07, 6.45) is -1.06. The summed E-state index contributed by atoms with van der Waals surface area (Å²) in [5.74, 6) is -2.76. The van der Waals surface area contributed by atoms with E-state index in [1.807, 2.05) is 0 Å². The topological polar surface area (TPSA) is 89.9 Å². The fourth-order valence-electron chi connectivity index (χ4n) is 0.960. The molecule has 2 unspecified atom stereocenters. The van der Waals surface area contributed by atoms with Crippen molar-refractivity contribution in [3.05, 3.63) is 0 Å². The lowest BCUT2D eigenvalue weighted by Gasteiger charge is -2.29. The molecule has 15 heavy (non-hydrogen) atoms. The zero-order valence-electron chi connectivity index (χ0n) is 9.07. The van der Waals surface area contributed by atoms with E-state index in [4.69, 9.17) is 5.11 Å². The van der Waals surface area contributed by atoms with Gasteiger partial charge in [0.15, 0.2) is 0 Å². The van der Waals surface area contributed by atoms with Crippen molar-refractivity contribution in [2.45, 2.75) is 39.4 Å². The van der Waals surface area contributed by atoms with Gasteiger partial charge in [-0.05, 0) is 13.8 Å². The van der Waals surface area contributed by atoms with Crippen molar-refractivity contribution in [1.82, 2.24) is 0 Å². The second-order valence-electron chi connectivity index (χ2n) is 3.26. The van der Waals surface area contributed by atoms with Gasteiger partial charge in [-0.2, -0.15) is 0 Å². The molecular formula is C9H14O6. The highest BCUT2D eigenvalue weighted by Gasteiger charge is 2.44. The van der Waals surface area contributed by atoms with Gasteiger partial charge in [-0.15, -0.1) is 0 Å². The normalized spacial score (nSPS) is 16.0. The van der Waals surface area contributed by atoms with Crippen molar-refractivity contribution >= 4 is 17.9 Å². The van der Waals surface area contributed by atoms with Crippen molar-refractivity contribution in [1.29, 1.82) is 0 Å². The highest BCUT2D eigenvalue weighted by atomic mass is 16.6. The molecule has 0 saturated carbocycles. The van der Waals surface area contributed by atoms with Crippen molar-refractivity contribution in [3.8, 4) is 0 Å². The van der Waals surface area contributed by atoms with Crippen LogP contribution in [0.5, 0.6) is 0 Å². The second kappa shape index (κ2) is 4.77. The van der Waals surface area contributed by atoms with Crippen LogP contribution in [0.3, 0.4) is 0 Å². The number of carboxylic acid groups (broad SMARTS) is 1. The van der Waals surface area contributed by atoms with Crippen LogP contribution in [0.2, 0.25) is 0 Å². The molecule has 0 aromatic carbocycles. The Labute approximate surface area is 87.2 Å². The van der Waals surface area contributed by atoms with Crippen LogP contribution in [-0.4, -0.2) is 34.7 Å². The minimum Gasteiger partial charge on any atom is -0.478 e. The van der Waals surface area contributed by atoms with Gasteiger partial charge < -0.3 is 14.6 Å². The largest absolute Gasteiger partial charge is 0.478 e. The standard InChI is InChI=1S/C9H14O6/c1-5(14-6(2)10)9(4,8(12)13)15-7(3)11/h5H,1-4H3,(H,12,13). The highest BCUT2D eigenvalue weighted by molar-refractivity contribution is 5.82. The van der Waals surface area contributed by atoms with E-state index >= 15 is 0 Å². The summed E-state index contributed by atoms with van der Waals surface area (Å²) in [5.41, 5.74) is -1.86. The van der Waals surface area contributed by atoms with Crippen molar-refractivity contribution in [2.75, 3.05) is 0 Å². The van der Waals surface area contributed by atoms with E-state index in [-0.39, 0.29) is 0 Å². The van der Waals surface area contributed by atoms with Crippen LogP contribution >= 0.6 is 0 Å². The maximum Gasteiger partial charge on any atom is 0.351 e. The fourth-order valence-corrected chi connectivity index (χ4v) is 0.960. The molecule has 0 saturated heterocycles. The summed E-state index contributed by atoms with van der Waals surface area (Å²) in [7, 11) is 0. The van der Waals surface area contributed by atoms with E-state index in [2.05, 4.69) is 9.47 Å². The quantitative estimate of drug-likeness (QED) is 0.684. The number of esters is 2. The number of carbonyl (C=O) groups excluding carboxylic acids is 2. The SMILES string of the molecule is CC(=O)OC(C)C(C)(OC(C)=O)C(=O)O. The first-order valence-electron chi connectivity index (χ1n) is 4.30. The predicted molar refractivity (Wildman–Crippen MR) is 49.0 cm³/mol. The van der Waals surface area contributed by atoms with Crippen LogP contribution in [-0.2, 0) is 23.9 Å². The van der Waals surface area contributed by atoms with E-state index in [1.165, 1.54) is 13.8 Å². The third kappa shape index (κ3) is 3.57. The summed E-state index contributed by atoms with van der Waals surface area (Å²) in [5, 5.41) is 8.90. The van der Waals surface area contributed by atoms with E-state index in [0.29, 0.717) is 0 Å². The van der Waals surface area contributed by atoms with Gasteiger partial charge in [0.2, 0.25) is 5.60 Å². The Morgan fingerprint density at radius 3 is 1.93 bits per heavy atom. The van der Waals surface area contributed by atoms with Crippen molar-refractivity contribution in [2.24, 2.45) is 0 Å². The zero-order valence-corrected chi connectivity index (χ0v) is 9.07. The average Bonchev–Trinajstić information content (AvgIpc) is 2.00. The molecule has 0 aromatic heterocycles. The molecule has 0 radical (unpaired) electrons. The predicted octanol–water partition coefficient (Wildman–Crippen LogP) is 0.344. The fraction of sp³-hybridized carbons (Fsp3) is 0.667. The molecule has 6 heteroatoms. The first-order chi connectivity index (χ1) is 6.70. The Bertz CT molecular complexity index is 284. The van der Waals surface area contributed by atoms with E-state index in [0.717, 1.165) is 13.8 Å². The molecule has 0 heterocycles. The van der Waals surface area contributed by atoms with Crippen LogP contribution in [0.25, 0.3) is 0 Å². The molecular weight excluding hydrogens is 204 g/mol. The molecule has 1 N–H and O–H groups in total. The molecule has 0 aliphatic rings. The summed E-state index contributed by atoms with van der Waals surface area (Å²) in [6, 6.07) is 0. The molecule has 86 valence electrons. The molecule has 0 bridgehead atoms.